The van der Waals surface area contributed by atoms with Crippen molar-refractivity contribution in [3.8, 4) is 11.5 Å². The molecule has 0 saturated heterocycles. The summed E-state index contributed by atoms with van der Waals surface area (Å²) in [5.41, 5.74) is 1.26. The molecule has 1 atom stereocenters. The lowest BCUT2D eigenvalue weighted by Gasteiger charge is -2.17. The van der Waals surface area contributed by atoms with Crippen molar-refractivity contribution in [3.63, 3.8) is 0 Å². The maximum atomic E-state index is 12.4. The van der Waals surface area contributed by atoms with Crippen molar-refractivity contribution in [3.05, 3.63) is 41.6 Å². The normalized spacial score (nSPS) is 14.8. The molecular weight excluding hydrogens is 320 g/mol. The molecule has 1 aliphatic rings. The first kappa shape index (κ1) is 17.3. The quantitative estimate of drug-likeness (QED) is 0.787. The van der Waals surface area contributed by atoms with Crippen molar-refractivity contribution in [2.75, 3.05) is 13.2 Å². The Labute approximate surface area is 147 Å². The number of hydrogen-bond donors (Lipinski definition) is 1. The zero-order valence-electron chi connectivity index (χ0n) is 14.9. The zero-order valence-corrected chi connectivity index (χ0v) is 14.9. The topological polar surface area (TPSA) is 73.6 Å². The van der Waals surface area contributed by atoms with Gasteiger partial charge < -0.3 is 19.2 Å². The van der Waals surface area contributed by atoms with Crippen LogP contribution in [0.1, 0.15) is 67.5 Å². The number of amides is 1. The van der Waals surface area contributed by atoms with Gasteiger partial charge in [-0.15, -0.1) is 0 Å². The maximum Gasteiger partial charge on any atom is 0.273 e. The smallest absolute Gasteiger partial charge is 0.273 e. The van der Waals surface area contributed by atoms with Gasteiger partial charge in [0.15, 0.2) is 23.1 Å². The summed E-state index contributed by atoms with van der Waals surface area (Å²) in [6.45, 7) is 6.90. The van der Waals surface area contributed by atoms with E-state index in [1.807, 2.05) is 39.0 Å². The summed E-state index contributed by atoms with van der Waals surface area (Å²) in [4.78, 5) is 16.7. The van der Waals surface area contributed by atoms with Gasteiger partial charge in [0.2, 0.25) is 0 Å². The highest BCUT2D eigenvalue weighted by Crippen LogP contribution is 2.39. The number of hydrogen-bond acceptors (Lipinski definition) is 5. The van der Waals surface area contributed by atoms with Crippen LogP contribution in [0.5, 0.6) is 11.5 Å². The molecule has 1 N–H and O–H groups in total. The molecule has 6 nitrogen and oxygen atoms in total. The van der Waals surface area contributed by atoms with E-state index in [4.69, 9.17) is 13.9 Å². The van der Waals surface area contributed by atoms with Gasteiger partial charge in [0.1, 0.15) is 6.26 Å². The molecule has 2 aromatic rings. The number of carbonyl (C=O) groups excluding carboxylic acids is 1. The summed E-state index contributed by atoms with van der Waals surface area (Å²) in [7, 11) is 0. The Balaban J connectivity index is 1.69. The fourth-order valence-corrected chi connectivity index (χ4v) is 2.60. The van der Waals surface area contributed by atoms with Crippen molar-refractivity contribution in [1.82, 2.24) is 10.3 Å². The molecule has 0 spiro atoms. The molecule has 1 amide bonds. The molecule has 1 heterocycles. The van der Waals surface area contributed by atoms with E-state index in [1.54, 1.807) is 0 Å². The summed E-state index contributed by atoms with van der Waals surface area (Å²) < 4.78 is 16.6. The number of ether oxygens (including phenoxy) is 2. The predicted molar refractivity (Wildman–Crippen MR) is 93.1 cm³/mol. The Morgan fingerprint density at radius 1 is 1.28 bits per heavy atom. The lowest BCUT2D eigenvalue weighted by atomic mass is 10.1. The molecule has 0 aliphatic heterocycles. The number of benzene rings is 1. The summed E-state index contributed by atoms with van der Waals surface area (Å²) in [5, 5.41) is 2.95. The van der Waals surface area contributed by atoms with E-state index in [2.05, 4.69) is 10.3 Å². The molecule has 1 fully saturated rings. The Morgan fingerprint density at radius 3 is 2.68 bits per heavy atom. The average molecular weight is 344 g/mol. The van der Waals surface area contributed by atoms with Crippen LogP contribution in [0.15, 0.2) is 28.9 Å². The first-order chi connectivity index (χ1) is 12.1. The second kappa shape index (κ2) is 7.59. The Hall–Kier alpha value is -2.50. The number of aromatic nitrogens is 1. The minimum atomic E-state index is -0.241. The van der Waals surface area contributed by atoms with Crippen LogP contribution < -0.4 is 14.8 Å². The molecule has 1 aromatic heterocycles. The summed E-state index contributed by atoms with van der Waals surface area (Å²) in [5.74, 6) is 2.20. The third-order valence-corrected chi connectivity index (χ3v) is 4.10. The van der Waals surface area contributed by atoms with Crippen LogP contribution in [0.25, 0.3) is 0 Å². The largest absolute Gasteiger partial charge is 0.490 e. The highest BCUT2D eigenvalue weighted by molar-refractivity contribution is 5.92. The molecule has 3 rings (SSSR count). The van der Waals surface area contributed by atoms with E-state index in [1.165, 1.54) is 6.26 Å². The van der Waals surface area contributed by atoms with Crippen molar-refractivity contribution in [1.29, 1.82) is 0 Å². The third-order valence-electron chi connectivity index (χ3n) is 4.10. The second-order valence-corrected chi connectivity index (χ2v) is 6.11. The Bertz CT molecular complexity index is 737. The Morgan fingerprint density at radius 2 is 2.00 bits per heavy atom. The SMILES string of the molecule is CCOc1ccc([C@H](C)NC(=O)c2coc(C3CC3)n2)cc1OCC. The summed E-state index contributed by atoms with van der Waals surface area (Å²) in [6.07, 6.45) is 3.61. The van der Waals surface area contributed by atoms with Crippen LogP contribution in [-0.2, 0) is 0 Å². The van der Waals surface area contributed by atoms with Gasteiger partial charge in [-0.25, -0.2) is 4.98 Å². The minimum Gasteiger partial charge on any atom is -0.490 e. The van der Waals surface area contributed by atoms with E-state index >= 15 is 0 Å². The van der Waals surface area contributed by atoms with Crippen molar-refractivity contribution in [2.45, 2.75) is 45.6 Å². The predicted octanol–water partition coefficient (Wildman–Crippen LogP) is 3.84. The molecule has 1 aromatic carbocycles. The van der Waals surface area contributed by atoms with Crippen LogP contribution in [0, 0.1) is 0 Å². The average Bonchev–Trinajstić information content (AvgIpc) is 3.33. The van der Waals surface area contributed by atoms with Crippen LogP contribution >= 0.6 is 0 Å². The summed E-state index contributed by atoms with van der Waals surface area (Å²) >= 11 is 0. The molecule has 6 heteroatoms. The molecule has 25 heavy (non-hydrogen) atoms. The van der Waals surface area contributed by atoms with Crippen molar-refractivity contribution >= 4 is 5.91 Å². The van der Waals surface area contributed by atoms with Crippen LogP contribution in [0.4, 0.5) is 0 Å². The van der Waals surface area contributed by atoms with E-state index < -0.39 is 0 Å². The molecule has 0 bridgehead atoms. The Kier molecular flexibility index (Phi) is 5.26. The fourth-order valence-electron chi connectivity index (χ4n) is 2.60. The van der Waals surface area contributed by atoms with E-state index in [0.29, 0.717) is 42.2 Å². The zero-order chi connectivity index (χ0) is 17.8. The van der Waals surface area contributed by atoms with Crippen molar-refractivity contribution in [2.24, 2.45) is 0 Å². The molecular formula is C19H24N2O4. The minimum absolute atomic E-state index is 0.191. The number of nitrogens with one attached hydrogen (secondary N) is 1. The molecule has 1 aliphatic carbocycles. The number of oxazole rings is 1. The molecule has 1 saturated carbocycles. The van der Waals surface area contributed by atoms with Gasteiger partial charge in [0.05, 0.1) is 19.3 Å². The maximum absolute atomic E-state index is 12.4. The standard InChI is InChI=1S/C19H24N2O4/c1-4-23-16-9-8-14(10-17(16)24-5-2)12(3)20-18(22)15-11-25-19(21-15)13-6-7-13/h8-13H,4-7H2,1-3H3,(H,20,22)/t12-/m0/s1. The highest BCUT2D eigenvalue weighted by Gasteiger charge is 2.29. The van der Waals surface area contributed by atoms with E-state index in [9.17, 15) is 4.79 Å². The van der Waals surface area contributed by atoms with Gasteiger partial charge in [-0.3, -0.25) is 4.79 Å². The van der Waals surface area contributed by atoms with Crippen LogP contribution in [0.2, 0.25) is 0 Å². The van der Waals surface area contributed by atoms with Gasteiger partial charge in [0, 0.05) is 5.92 Å². The monoisotopic (exact) mass is 344 g/mol. The second-order valence-electron chi connectivity index (χ2n) is 6.11. The number of nitrogens with zero attached hydrogens (tertiary/aromatic N) is 1. The van der Waals surface area contributed by atoms with Crippen LogP contribution in [-0.4, -0.2) is 24.1 Å². The van der Waals surface area contributed by atoms with Gasteiger partial charge in [-0.05, 0) is 51.3 Å². The van der Waals surface area contributed by atoms with Crippen molar-refractivity contribution < 1.29 is 18.7 Å². The first-order valence-electron chi connectivity index (χ1n) is 8.78. The number of carbonyl (C=O) groups is 1. The van der Waals surface area contributed by atoms with Crippen LogP contribution in [0.3, 0.4) is 0 Å². The first-order valence-corrected chi connectivity index (χ1v) is 8.78. The lowest BCUT2D eigenvalue weighted by Crippen LogP contribution is -2.27. The fraction of sp³-hybridized carbons (Fsp3) is 0.474. The van der Waals surface area contributed by atoms with Gasteiger partial charge in [-0.1, -0.05) is 6.07 Å². The third kappa shape index (κ3) is 4.13. The molecule has 134 valence electrons. The van der Waals surface area contributed by atoms with Gasteiger partial charge in [-0.2, -0.15) is 0 Å². The highest BCUT2D eigenvalue weighted by atomic mass is 16.5. The lowest BCUT2D eigenvalue weighted by molar-refractivity contribution is 0.0934. The molecule has 0 radical (unpaired) electrons. The van der Waals surface area contributed by atoms with E-state index in [-0.39, 0.29) is 11.9 Å². The van der Waals surface area contributed by atoms with Gasteiger partial charge in [0.25, 0.3) is 5.91 Å². The van der Waals surface area contributed by atoms with E-state index in [0.717, 1.165) is 18.4 Å². The summed E-state index contributed by atoms with van der Waals surface area (Å²) in [6, 6.07) is 5.51. The van der Waals surface area contributed by atoms with Gasteiger partial charge >= 0.3 is 0 Å². The number of rotatable bonds is 8. The molecule has 0 unspecified atom stereocenters.